The van der Waals surface area contributed by atoms with E-state index < -0.39 is 10.9 Å². The van der Waals surface area contributed by atoms with E-state index in [1.54, 1.807) is 0 Å². The average Bonchev–Trinajstić information content (AvgIpc) is 2.77. The molecule has 2 rings (SSSR count). The molecule has 0 aliphatic carbocycles. The summed E-state index contributed by atoms with van der Waals surface area (Å²) in [5, 5.41) is 23.4. The van der Waals surface area contributed by atoms with E-state index in [0.29, 0.717) is 0 Å². The Morgan fingerprint density at radius 2 is 2.22 bits per heavy atom. The van der Waals surface area contributed by atoms with Crippen molar-refractivity contribution in [3.05, 3.63) is 51.3 Å². The Morgan fingerprint density at radius 1 is 1.50 bits per heavy atom. The molecule has 0 radical (unpaired) electrons. The van der Waals surface area contributed by atoms with Crippen molar-refractivity contribution < 1.29 is 14.8 Å². The van der Waals surface area contributed by atoms with Crippen molar-refractivity contribution in [3.63, 3.8) is 0 Å². The second-order valence-corrected chi connectivity index (χ2v) is 3.75. The maximum absolute atomic E-state index is 10.9. The van der Waals surface area contributed by atoms with Crippen LogP contribution in [0.5, 0.6) is 0 Å². The Kier molecular flexibility index (Phi) is 2.99. The van der Waals surface area contributed by atoms with Gasteiger partial charge < -0.3 is 5.11 Å². The number of halogens is 1. The van der Waals surface area contributed by atoms with E-state index in [0.717, 1.165) is 10.9 Å². The summed E-state index contributed by atoms with van der Waals surface area (Å²) < 4.78 is 1.10. The Morgan fingerprint density at radius 3 is 2.78 bits per heavy atom. The number of hydrogen-bond acceptors (Lipinski definition) is 4. The standard InChI is InChI=1S/C10H6ClN3O4/c11-7-2-1-3-8(9(7)14(17)18)13-5-6(4-12-13)10(15)16/h1-5H,(H,15,16). The zero-order valence-electron chi connectivity index (χ0n) is 8.78. The lowest BCUT2D eigenvalue weighted by Gasteiger charge is -2.03. The van der Waals surface area contributed by atoms with Gasteiger partial charge in [-0.2, -0.15) is 5.10 Å². The molecule has 0 fully saturated rings. The molecule has 1 aromatic heterocycles. The molecule has 0 aliphatic heterocycles. The van der Waals surface area contributed by atoms with E-state index in [1.165, 1.54) is 24.4 Å². The highest BCUT2D eigenvalue weighted by Gasteiger charge is 2.21. The Balaban J connectivity index is 2.59. The molecule has 0 bridgehead atoms. The Hall–Kier alpha value is -2.41. The van der Waals surface area contributed by atoms with Crippen LogP contribution in [0.15, 0.2) is 30.6 Å². The molecule has 0 atom stereocenters. The zero-order valence-corrected chi connectivity index (χ0v) is 9.53. The fourth-order valence-corrected chi connectivity index (χ4v) is 1.67. The summed E-state index contributed by atoms with van der Waals surface area (Å²) in [6.07, 6.45) is 2.29. The normalized spacial score (nSPS) is 10.3. The number of para-hydroxylation sites is 1. The van der Waals surface area contributed by atoms with E-state index in [-0.39, 0.29) is 22.0 Å². The van der Waals surface area contributed by atoms with Crippen LogP contribution in [-0.4, -0.2) is 25.8 Å². The number of hydrogen-bond donors (Lipinski definition) is 1. The number of aromatic nitrogens is 2. The van der Waals surface area contributed by atoms with E-state index in [4.69, 9.17) is 16.7 Å². The molecule has 0 saturated carbocycles. The highest BCUT2D eigenvalue weighted by molar-refractivity contribution is 6.33. The van der Waals surface area contributed by atoms with Crippen molar-refractivity contribution in [2.24, 2.45) is 0 Å². The van der Waals surface area contributed by atoms with Crippen LogP contribution in [0, 0.1) is 10.1 Å². The van der Waals surface area contributed by atoms with Crippen LogP contribution in [0.1, 0.15) is 10.4 Å². The first kappa shape index (κ1) is 12.1. The number of nitro groups is 1. The molecule has 0 saturated heterocycles. The van der Waals surface area contributed by atoms with E-state index >= 15 is 0 Å². The van der Waals surface area contributed by atoms with Gasteiger partial charge in [-0.1, -0.05) is 17.7 Å². The summed E-state index contributed by atoms with van der Waals surface area (Å²) in [4.78, 5) is 21.0. The number of carboxylic acid groups (broad SMARTS) is 1. The molecule has 1 N–H and O–H groups in total. The molecule has 18 heavy (non-hydrogen) atoms. The summed E-state index contributed by atoms with van der Waals surface area (Å²) in [5.74, 6) is -1.16. The first-order valence-corrected chi connectivity index (χ1v) is 5.09. The quantitative estimate of drug-likeness (QED) is 0.678. The third-order valence-corrected chi connectivity index (χ3v) is 2.53. The molecule has 1 aromatic carbocycles. The van der Waals surface area contributed by atoms with Crippen LogP contribution in [0.3, 0.4) is 0 Å². The number of carboxylic acids is 1. The predicted molar refractivity (Wildman–Crippen MR) is 62.2 cm³/mol. The second-order valence-electron chi connectivity index (χ2n) is 3.34. The monoisotopic (exact) mass is 267 g/mol. The summed E-state index contributed by atoms with van der Waals surface area (Å²) in [6, 6.07) is 4.33. The summed E-state index contributed by atoms with van der Waals surface area (Å²) in [6.45, 7) is 0. The van der Waals surface area contributed by atoms with Crippen LogP contribution in [-0.2, 0) is 0 Å². The van der Waals surface area contributed by atoms with Gasteiger partial charge in [0, 0.05) is 6.20 Å². The highest BCUT2D eigenvalue weighted by atomic mass is 35.5. The fourth-order valence-electron chi connectivity index (χ4n) is 1.43. The maximum Gasteiger partial charge on any atom is 0.338 e. The highest BCUT2D eigenvalue weighted by Crippen LogP contribution is 2.30. The zero-order chi connectivity index (χ0) is 13.3. The van der Waals surface area contributed by atoms with Gasteiger partial charge >= 0.3 is 11.7 Å². The second kappa shape index (κ2) is 4.46. The molecule has 0 aliphatic rings. The lowest BCUT2D eigenvalue weighted by Crippen LogP contribution is -2.01. The minimum Gasteiger partial charge on any atom is -0.478 e. The van der Waals surface area contributed by atoms with Crippen LogP contribution in [0.2, 0.25) is 5.02 Å². The van der Waals surface area contributed by atoms with Gasteiger partial charge in [-0.05, 0) is 12.1 Å². The molecular weight excluding hydrogens is 262 g/mol. The molecule has 0 amide bonds. The van der Waals surface area contributed by atoms with E-state index in [2.05, 4.69) is 5.10 Å². The van der Waals surface area contributed by atoms with Gasteiger partial charge in [0.05, 0.1) is 16.7 Å². The largest absolute Gasteiger partial charge is 0.478 e. The van der Waals surface area contributed by atoms with E-state index in [1.807, 2.05) is 0 Å². The number of carbonyl (C=O) groups is 1. The SMILES string of the molecule is O=C(O)c1cnn(-c2cccc(Cl)c2[N+](=O)[O-])c1. The molecule has 92 valence electrons. The van der Waals surface area contributed by atoms with Crippen LogP contribution in [0.4, 0.5) is 5.69 Å². The number of rotatable bonds is 3. The first-order valence-electron chi connectivity index (χ1n) is 4.72. The van der Waals surface area contributed by atoms with Gasteiger partial charge in [-0.25, -0.2) is 9.48 Å². The maximum atomic E-state index is 10.9. The number of benzene rings is 1. The third kappa shape index (κ3) is 2.03. The van der Waals surface area contributed by atoms with Crippen molar-refractivity contribution in [3.8, 4) is 5.69 Å². The Labute approximate surface area is 105 Å². The van der Waals surface area contributed by atoms with Crippen molar-refractivity contribution in [2.45, 2.75) is 0 Å². The molecule has 7 nitrogen and oxygen atoms in total. The van der Waals surface area contributed by atoms with Gasteiger partial charge in [-0.3, -0.25) is 10.1 Å². The van der Waals surface area contributed by atoms with Crippen molar-refractivity contribution in [2.75, 3.05) is 0 Å². The minimum absolute atomic E-state index is 0.0372. The van der Waals surface area contributed by atoms with Crippen LogP contribution < -0.4 is 0 Å². The van der Waals surface area contributed by atoms with Crippen molar-refractivity contribution >= 4 is 23.3 Å². The van der Waals surface area contributed by atoms with Gasteiger partial charge in [0.2, 0.25) is 0 Å². The third-order valence-electron chi connectivity index (χ3n) is 2.22. The van der Waals surface area contributed by atoms with Gasteiger partial charge in [-0.15, -0.1) is 0 Å². The Bertz CT molecular complexity index is 638. The molecule has 0 spiro atoms. The fraction of sp³-hybridized carbons (Fsp3) is 0. The lowest BCUT2D eigenvalue weighted by atomic mass is 10.2. The smallest absolute Gasteiger partial charge is 0.338 e. The average molecular weight is 268 g/mol. The van der Waals surface area contributed by atoms with E-state index in [9.17, 15) is 14.9 Å². The molecule has 0 unspecified atom stereocenters. The molecular formula is C10H6ClN3O4. The summed E-state index contributed by atoms with van der Waals surface area (Å²) in [7, 11) is 0. The van der Waals surface area contributed by atoms with Gasteiger partial charge in [0.25, 0.3) is 0 Å². The molecule has 2 aromatic rings. The van der Waals surface area contributed by atoms with Crippen LogP contribution in [0.25, 0.3) is 5.69 Å². The molecule has 1 heterocycles. The van der Waals surface area contributed by atoms with Crippen molar-refractivity contribution in [1.82, 2.24) is 9.78 Å². The van der Waals surface area contributed by atoms with Crippen molar-refractivity contribution in [1.29, 1.82) is 0 Å². The molecule has 8 heteroatoms. The number of nitrogens with zero attached hydrogens (tertiary/aromatic N) is 3. The first-order chi connectivity index (χ1) is 8.50. The minimum atomic E-state index is -1.16. The number of aromatic carboxylic acids is 1. The lowest BCUT2D eigenvalue weighted by molar-refractivity contribution is -0.384. The number of nitro benzene ring substituents is 1. The summed E-state index contributed by atoms with van der Waals surface area (Å²) >= 11 is 5.74. The van der Waals surface area contributed by atoms with Gasteiger partial charge in [0.15, 0.2) is 0 Å². The predicted octanol–water partition coefficient (Wildman–Crippen LogP) is 2.13. The summed E-state index contributed by atoms with van der Waals surface area (Å²) in [5.41, 5.74) is -0.275. The van der Waals surface area contributed by atoms with Crippen LogP contribution >= 0.6 is 11.6 Å². The van der Waals surface area contributed by atoms with Gasteiger partial charge in [0.1, 0.15) is 10.7 Å². The topological polar surface area (TPSA) is 98.3 Å².